The number of nitriles is 1. The van der Waals surface area contributed by atoms with Gasteiger partial charge in [0.1, 0.15) is 17.4 Å². The Hall–Kier alpha value is -4.18. The summed E-state index contributed by atoms with van der Waals surface area (Å²) in [4.78, 5) is 19.2. The molecule has 7 nitrogen and oxygen atoms in total. The number of ether oxygens (including phenoxy) is 1. The van der Waals surface area contributed by atoms with Crippen LogP contribution >= 0.6 is 0 Å². The largest absolute Gasteiger partial charge is 0.494 e. The molecule has 0 saturated heterocycles. The van der Waals surface area contributed by atoms with Crippen LogP contribution in [0.3, 0.4) is 0 Å². The Labute approximate surface area is 174 Å². The van der Waals surface area contributed by atoms with Gasteiger partial charge in [0.15, 0.2) is 0 Å². The molecule has 150 valence electrons. The fraction of sp³-hybridized carbons (Fsp3) is 0.130. The monoisotopic (exact) mass is 399 g/mol. The molecule has 0 aliphatic carbocycles. The van der Waals surface area contributed by atoms with Crippen molar-refractivity contribution in [3.05, 3.63) is 88.2 Å². The predicted molar refractivity (Wildman–Crippen MR) is 118 cm³/mol. The lowest BCUT2D eigenvalue weighted by Crippen LogP contribution is -2.16. The highest BCUT2D eigenvalue weighted by molar-refractivity contribution is 5.81. The predicted octanol–water partition coefficient (Wildman–Crippen LogP) is 3.88. The van der Waals surface area contributed by atoms with Crippen LogP contribution in [0.4, 0.5) is 5.95 Å². The van der Waals surface area contributed by atoms with Crippen LogP contribution < -0.4 is 15.7 Å². The van der Waals surface area contributed by atoms with Crippen LogP contribution in [0.2, 0.25) is 0 Å². The van der Waals surface area contributed by atoms with E-state index in [1.165, 1.54) is 0 Å². The molecule has 2 aromatic carbocycles. The second kappa shape index (κ2) is 9.85. The van der Waals surface area contributed by atoms with Gasteiger partial charge in [-0.25, -0.2) is 10.4 Å². The summed E-state index contributed by atoms with van der Waals surface area (Å²) >= 11 is 0. The topological polar surface area (TPSA) is 103 Å². The zero-order valence-corrected chi connectivity index (χ0v) is 16.6. The van der Waals surface area contributed by atoms with Crippen LogP contribution in [0.1, 0.15) is 23.6 Å². The van der Waals surface area contributed by atoms with E-state index in [4.69, 9.17) is 4.74 Å². The number of hydrogen-bond acceptors (Lipinski definition) is 6. The number of anilines is 1. The van der Waals surface area contributed by atoms with Gasteiger partial charge in [-0.1, -0.05) is 36.4 Å². The van der Waals surface area contributed by atoms with Gasteiger partial charge in [0.2, 0.25) is 5.95 Å². The van der Waals surface area contributed by atoms with Crippen LogP contribution in [0.15, 0.2) is 71.1 Å². The molecule has 0 unspecified atom stereocenters. The number of nitrogens with zero attached hydrogens (tertiary/aromatic N) is 3. The summed E-state index contributed by atoms with van der Waals surface area (Å²) < 4.78 is 5.62. The van der Waals surface area contributed by atoms with Crippen molar-refractivity contribution in [3.8, 4) is 23.1 Å². The Morgan fingerprint density at radius 2 is 2.10 bits per heavy atom. The molecule has 1 aromatic heterocycles. The normalized spacial score (nSPS) is 10.5. The van der Waals surface area contributed by atoms with Gasteiger partial charge >= 0.3 is 0 Å². The van der Waals surface area contributed by atoms with Crippen LogP contribution in [-0.2, 0) is 6.42 Å². The number of benzene rings is 2. The first kappa shape index (κ1) is 20.6. The molecule has 0 atom stereocenters. The number of aromatic amines is 1. The first-order chi connectivity index (χ1) is 14.7. The molecule has 0 aliphatic rings. The lowest BCUT2D eigenvalue weighted by molar-refractivity contribution is 0.337. The number of rotatable bonds is 8. The molecule has 1 heterocycles. The maximum absolute atomic E-state index is 12.3. The minimum atomic E-state index is -0.529. The fourth-order valence-electron chi connectivity index (χ4n) is 2.89. The van der Waals surface area contributed by atoms with Gasteiger partial charge in [0.05, 0.1) is 18.5 Å². The molecule has 0 aliphatic heterocycles. The van der Waals surface area contributed by atoms with E-state index in [9.17, 15) is 10.1 Å². The molecule has 0 fully saturated rings. The third-order valence-corrected chi connectivity index (χ3v) is 4.21. The summed E-state index contributed by atoms with van der Waals surface area (Å²) in [6.07, 6.45) is 4.10. The minimum absolute atomic E-state index is 0.0451. The Kier molecular flexibility index (Phi) is 6.74. The number of allylic oxidation sites excluding steroid dienone is 1. The summed E-state index contributed by atoms with van der Waals surface area (Å²) in [6, 6.07) is 16.7. The summed E-state index contributed by atoms with van der Waals surface area (Å²) in [5.41, 5.74) is 4.98. The number of hydrazone groups is 1. The number of hydrogen-bond donors (Lipinski definition) is 2. The van der Waals surface area contributed by atoms with Gasteiger partial charge in [-0.05, 0) is 42.7 Å². The van der Waals surface area contributed by atoms with Crippen molar-refractivity contribution in [2.24, 2.45) is 5.10 Å². The number of aromatic nitrogens is 2. The van der Waals surface area contributed by atoms with Gasteiger partial charge in [-0.15, -0.1) is 6.58 Å². The zero-order chi connectivity index (χ0) is 21.3. The maximum atomic E-state index is 12.3. The van der Waals surface area contributed by atoms with E-state index < -0.39 is 5.56 Å². The Bertz CT molecular complexity index is 1160. The molecular formula is C23H21N5O2. The molecule has 30 heavy (non-hydrogen) atoms. The standard InChI is InChI=1S/C23H21N5O2/c1-3-8-18-13-16(11-12-20(18)30-4-2)15-25-28-23-26-21(17-9-6-5-7-10-17)19(14-24)22(29)27-23/h3,5-7,9-13,15H,1,4,8H2,2H3,(H2,26,27,28,29). The van der Waals surface area contributed by atoms with Gasteiger partial charge in [0, 0.05) is 5.56 Å². The Morgan fingerprint density at radius 3 is 2.80 bits per heavy atom. The van der Waals surface area contributed by atoms with Crippen LogP contribution in [0.25, 0.3) is 11.3 Å². The van der Waals surface area contributed by atoms with Crippen molar-refractivity contribution in [2.75, 3.05) is 12.0 Å². The van der Waals surface area contributed by atoms with Crippen molar-refractivity contribution in [3.63, 3.8) is 0 Å². The Morgan fingerprint density at radius 1 is 1.30 bits per heavy atom. The summed E-state index contributed by atoms with van der Waals surface area (Å²) in [6.45, 7) is 6.30. The second-order valence-corrected chi connectivity index (χ2v) is 6.28. The van der Waals surface area contributed by atoms with E-state index >= 15 is 0 Å². The SMILES string of the molecule is C=CCc1cc(C=NNc2nc(-c3ccccc3)c(C#N)c(=O)[nH]2)ccc1OCC. The lowest BCUT2D eigenvalue weighted by Gasteiger charge is -2.09. The lowest BCUT2D eigenvalue weighted by atomic mass is 10.1. The zero-order valence-electron chi connectivity index (χ0n) is 16.6. The van der Waals surface area contributed by atoms with Crippen molar-refractivity contribution in [1.82, 2.24) is 9.97 Å². The van der Waals surface area contributed by atoms with Gasteiger partial charge in [-0.3, -0.25) is 9.78 Å². The highest BCUT2D eigenvalue weighted by Crippen LogP contribution is 2.21. The van der Waals surface area contributed by atoms with E-state index in [0.717, 1.165) is 16.9 Å². The summed E-state index contributed by atoms with van der Waals surface area (Å²) in [5.74, 6) is 0.958. The van der Waals surface area contributed by atoms with Crippen LogP contribution in [0, 0.1) is 11.3 Å². The molecule has 0 bridgehead atoms. The highest BCUT2D eigenvalue weighted by atomic mass is 16.5. The first-order valence-electron chi connectivity index (χ1n) is 9.41. The van der Waals surface area contributed by atoms with Gasteiger partial charge in [0.25, 0.3) is 5.56 Å². The van der Waals surface area contributed by atoms with E-state index in [1.54, 1.807) is 18.3 Å². The molecule has 3 rings (SSSR count). The number of nitrogens with one attached hydrogen (secondary N) is 2. The van der Waals surface area contributed by atoms with Gasteiger partial charge in [-0.2, -0.15) is 10.4 Å². The average Bonchev–Trinajstić information content (AvgIpc) is 2.76. The van der Waals surface area contributed by atoms with E-state index in [0.29, 0.717) is 24.3 Å². The number of H-pyrrole nitrogens is 1. The summed E-state index contributed by atoms with van der Waals surface area (Å²) in [5, 5.41) is 13.5. The third-order valence-electron chi connectivity index (χ3n) is 4.21. The molecule has 0 radical (unpaired) electrons. The molecule has 0 amide bonds. The molecule has 0 spiro atoms. The smallest absolute Gasteiger partial charge is 0.270 e. The fourth-order valence-corrected chi connectivity index (χ4v) is 2.89. The molecule has 7 heteroatoms. The average molecular weight is 399 g/mol. The highest BCUT2D eigenvalue weighted by Gasteiger charge is 2.12. The molecule has 2 N–H and O–H groups in total. The maximum Gasteiger partial charge on any atom is 0.270 e. The van der Waals surface area contributed by atoms with Crippen LogP contribution in [-0.4, -0.2) is 22.8 Å². The van der Waals surface area contributed by atoms with Crippen molar-refractivity contribution in [2.45, 2.75) is 13.3 Å². The van der Waals surface area contributed by atoms with E-state index in [1.807, 2.05) is 55.5 Å². The van der Waals surface area contributed by atoms with Crippen LogP contribution in [0.5, 0.6) is 5.75 Å². The minimum Gasteiger partial charge on any atom is -0.494 e. The quantitative estimate of drug-likeness (QED) is 0.340. The molecule has 0 saturated carbocycles. The summed E-state index contributed by atoms with van der Waals surface area (Å²) in [7, 11) is 0. The first-order valence-corrected chi connectivity index (χ1v) is 9.41. The molecule has 3 aromatic rings. The third kappa shape index (κ3) is 4.80. The van der Waals surface area contributed by atoms with Crippen molar-refractivity contribution in [1.29, 1.82) is 5.26 Å². The second-order valence-electron chi connectivity index (χ2n) is 6.28. The van der Waals surface area contributed by atoms with Crippen molar-refractivity contribution >= 4 is 12.2 Å². The van der Waals surface area contributed by atoms with E-state index in [2.05, 4.69) is 27.1 Å². The van der Waals surface area contributed by atoms with E-state index in [-0.39, 0.29) is 11.5 Å². The Balaban J connectivity index is 1.85. The molecular weight excluding hydrogens is 378 g/mol. The van der Waals surface area contributed by atoms with Gasteiger partial charge < -0.3 is 4.74 Å². The van der Waals surface area contributed by atoms with Crippen molar-refractivity contribution < 1.29 is 4.74 Å².